The minimum atomic E-state index is -0.335. The van der Waals surface area contributed by atoms with Crippen molar-refractivity contribution < 1.29 is 14.0 Å². The van der Waals surface area contributed by atoms with Crippen molar-refractivity contribution in [2.45, 2.75) is 0 Å². The number of carbonyl (C=O) groups is 2. The van der Waals surface area contributed by atoms with E-state index in [1.54, 1.807) is 48.7 Å². The van der Waals surface area contributed by atoms with Crippen LogP contribution in [0.5, 0.6) is 0 Å². The standard InChI is InChI=1S/C23H17N3O3/c27-21(13-8-17-5-1-4-16-6-2-14-24-22(16)17)25-18-9-11-19(12-10-18)26-23(28)20-7-3-15-29-20/h1-15H,(H,25,27)(H,26,28)/b13-8+. The largest absolute Gasteiger partial charge is 0.459 e. The highest BCUT2D eigenvalue weighted by Crippen LogP contribution is 2.18. The van der Waals surface area contributed by atoms with E-state index in [4.69, 9.17) is 4.42 Å². The molecule has 2 heterocycles. The summed E-state index contributed by atoms with van der Waals surface area (Å²) >= 11 is 0. The third-order valence-electron chi connectivity index (χ3n) is 4.23. The summed E-state index contributed by atoms with van der Waals surface area (Å²) in [5, 5.41) is 6.53. The molecular formula is C23H17N3O3. The smallest absolute Gasteiger partial charge is 0.291 e. The van der Waals surface area contributed by atoms with E-state index in [0.29, 0.717) is 11.4 Å². The van der Waals surface area contributed by atoms with Gasteiger partial charge in [0.15, 0.2) is 5.76 Å². The molecule has 2 N–H and O–H groups in total. The lowest BCUT2D eigenvalue weighted by Gasteiger charge is -2.06. The molecule has 0 spiro atoms. The number of nitrogens with zero attached hydrogens (tertiary/aromatic N) is 1. The highest BCUT2D eigenvalue weighted by Gasteiger charge is 2.08. The van der Waals surface area contributed by atoms with Crippen LogP contribution in [0.25, 0.3) is 17.0 Å². The second-order valence-corrected chi connectivity index (χ2v) is 6.25. The minimum Gasteiger partial charge on any atom is -0.459 e. The quantitative estimate of drug-likeness (QED) is 0.488. The zero-order valence-electron chi connectivity index (χ0n) is 15.3. The van der Waals surface area contributed by atoms with E-state index in [9.17, 15) is 9.59 Å². The van der Waals surface area contributed by atoms with Crippen molar-refractivity contribution in [3.05, 3.63) is 96.6 Å². The fraction of sp³-hybridized carbons (Fsp3) is 0. The SMILES string of the molecule is O=C(/C=C/c1cccc2cccnc12)Nc1ccc(NC(=O)c2ccco2)cc1. The second kappa shape index (κ2) is 8.22. The zero-order chi connectivity index (χ0) is 20.1. The van der Waals surface area contributed by atoms with E-state index in [1.807, 2.05) is 30.3 Å². The number of para-hydroxylation sites is 1. The predicted molar refractivity (Wildman–Crippen MR) is 113 cm³/mol. The number of aromatic nitrogens is 1. The normalized spacial score (nSPS) is 10.9. The molecule has 0 saturated carbocycles. The lowest BCUT2D eigenvalue weighted by atomic mass is 10.1. The number of fused-ring (bicyclic) bond motifs is 1. The summed E-state index contributed by atoms with van der Waals surface area (Å²) in [7, 11) is 0. The van der Waals surface area contributed by atoms with Crippen molar-refractivity contribution in [1.82, 2.24) is 4.98 Å². The third-order valence-corrected chi connectivity index (χ3v) is 4.23. The van der Waals surface area contributed by atoms with Gasteiger partial charge in [0.2, 0.25) is 5.91 Å². The molecule has 2 aromatic heterocycles. The van der Waals surface area contributed by atoms with E-state index < -0.39 is 0 Å². The summed E-state index contributed by atoms with van der Waals surface area (Å²) in [6.07, 6.45) is 6.38. The molecule has 0 saturated heterocycles. The zero-order valence-corrected chi connectivity index (χ0v) is 15.3. The van der Waals surface area contributed by atoms with Crippen LogP contribution in [-0.2, 0) is 4.79 Å². The average Bonchev–Trinajstić information content (AvgIpc) is 3.29. The molecule has 0 radical (unpaired) electrons. The maximum absolute atomic E-state index is 12.2. The highest BCUT2D eigenvalue weighted by molar-refractivity contribution is 6.04. The molecule has 4 rings (SSSR count). The number of pyridine rings is 1. The van der Waals surface area contributed by atoms with Crippen LogP contribution in [0.2, 0.25) is 0 Å². The monoisotopic (exact) mass is 383 g/mol. The number of amides is 2. The summed E-state index contributed by atoms with van der Waals surface area (Å²) in [5.41, 5.74) is 2.93. The van der Waals surface area contributed by atoms with Crippen LogP contribution in [-0.4, -0.2) is 16.8 Å². The molecule has 6 nitrogen and oxygen atoms in total. The van der Waals surface area contributed by atoms with Gasteiger partial charge in [-0.2, -0.15) is 0 Å². The Labute approximate surface area is 166 Å². The van der Waals surface area contributed by atoms with Crippen molar-refractivity contribution >= 4 is 40.2 Å². The molecule has 0 atom stereocenters. The van der Waals surface area contributed by atoms with Gasteiger partial charge in [0.05, 0.1) is 11.8 Å². The third kappa shape index (κ3) is 4.39. The van der Waals surface area contributed by atoms with Gasteiger partial charge in [-0.1, -0.05) is 24.3 Å². The topological polar surface area (TPSA) is 84.2 Å². The van der Waals surface area contributed by atoms with E-state index >= 15 is 0 Å². The number of furan rings is 1. The molecule has 0 aliphatic rings. The maximum atomic E-state index is 12.2. The second-order valence-electron chi connectivity index (χ2n) is 6.25. The summed E-state index contributed by atoms with van der Waals surface area (Å²) in [5.74, 6) is -0.362. The van der Waals surface area contributed by atoms with Crippen LogP contribution in [0.3, 0.4) is 0 Å². The van der Waals surface area contributed by atoms with Gasteiger partial charge < -0.3 is 15.1 Å². The highest BCUT2D eigenvalue weighted by atomic mass is 16.3. The average molecular weight is 383 g/mol. The molecule has 2 amide bonds. The van der Waals surface area contributed by atoms with Gasteiger partial charge in [-0.05, 0) is 48.5 Å². The first-order valence-electron chi connectivity index (χ1n) is 8.97. The Hall–Kier alpha value is -4.19. The van der Waals surface area contributed by atoms with Crippen molar-refractivity contribution in [3.8, 4) is 0 Å². The van der Waals surface area contributed by atoms with Crippen LogP contribution in [0.1, 0.15) is 16.1 Å². The van der Waals surface area contributed by atoms with E-state index in [0.717, 1.165) is 16.5 Å². The molecule has 0 bridgehead atoms. The van der Waals surface area contributed by atoms with Crippen LogP contribution < -0.4 is 10.6 Å². The molecule has 0 aliphatic heterocycles. The van der Waals surface area contributed by atoms with E-state index in [1.165, 1.54) is 12.3 Å². The summed E-state index contributed by atoms with van der Waals surface area (Å²) < 4.78 is 5.05. The van der Waals surface area contributed by atoms with Crippen molar-refractivity contribution in [2.75, 3.05) is 10.6 Å². The van der Waals surface area contributed by atoms with Gasteiger partial charge >= 0.3 is 0 Å². The summed E-state index contributed by atoms with van der Waals surface area (Å²) in [4.78, 5) is 28.6. The Morgan fingerprint density at radius 3 is 2.38 bits per heavy atom. The number of hydrogen-bond donors (Lipinski definition) is 2. The van der Waals surface area contributed by atoms with Gasteiger partial charge in [-0.3, -0.25) is 14.6 Å². The number of hydrogen-bond acceptors (Lipinski definition) is 4. The first kappa shape index (κ1) is 18.2. The Bertz CT molecular complexity index is 1170. The Balaban J connectivity index is 1.39. The van der Waals surface area contributed by atoms with E-state index in [-0.39, 0.29) is 17.6 Å². The van der Waals surface area contributed by atoms with Crippen LogP contribution in [0.15, 0.2) is 89.7 Å². The van der Waals surface area contributed by atoms with Crippen molar-refractivity contribution in [3.63, 3.8) is 0 Å². The molecule has 4 aromatic rings. The molecule has 142 valence electrons. The Kier molecular flexibility index (Phi) is 5.16. The molecule has 0 unspecified atom stereocenters. The summed E-state index contributed by atoms with van der Waals surface area (Å²) in [6.45, 7) is 0. The molecule has 0 fully saturated rings. The molecule has 0 aliphatic carbocycles. The number of rotatable bonds is 5. The number of nitrogens with one attached hydrogen (secondary N) is 2. The lowest BCUT2D eigenvalue weighted by molar-refractivity contribution is -0.111. The number of carbonyl (C=O) groups excluding carboxylic acids is 2. The van der Waals surface area contributed by atoms with Crippen LogP contribution in [0, 0.1) is 0 Å². The van der Waals surface area contributed by atoms with Gasteiger partial charge in [0, 0.05) is 34.6 Å². The molecular weight excluding hydrogens is 366 g/mol. The number of anilines is 2. The van der Waals surface area contributed by atoms with Gasteiger partial charge in [0.1, 0.15) is 0 Å². The van der Waals surface area contributed by atoms with Gasteiger partial charge in [-0.15, -0.1) is 0 Å². The van der Waals surface area contributed by atoms with Gasteiger partial charge in [-0.25, -0.2) is 0 Å². The number of benzene rings is 2. The Morgan fingerprint density at radius 2 is 1.62 bits per heavy atom. The van der Waals surface area contributed by atoms with Crippen molar-refractivity contribution in [2.24, 2.45) is 0 Å². The molecule has 2 aromatic carbocycles. The summed E-state index contributed by atoms with van der Waals surface area (Å²) in [6, 6.07) is 19.7. The fourth-order valence-electron chi connectivity index (χ4n) is 2.85. The van der Waals surface area contributed by atoms with Gasteiger partial charge in [0.25, 0.3) is 5.91 Å². The molecule has 29 heavy (non-hydrogen) atoms. The molecule has 6 heteroatoms. The Morgan fingerprint density at radius 1 is 0.862 bits per heavy atom. The van der Waals surface area contributed by atoms with Crippen molar-refractivity contribution in [1.29, 1.82) is 0 Å². The van der Waals surface area contributed by atoms with E-state index in [2.05, 4.69) is 15.6 Å². The minimum absolute atomic E-state index is 0.232. The lowest BCUT2D eigenvalue weighted by Crippen LogP contribution is -2.11. The fourth-order valence-corrected chi connectivity index (χ4v) is 2.85. The first-order valence-corrected chi connectivity index (χ1v) is 8.97. The predicted octanol–water partition coefficient (Wildman–Crippen LogP) is 4.73. The maximum Gasteiger partial charge on any atom is 0.291 e. The van der Waals surface area contributed by atoms with Crippen LogP contribution in [0.4, 0.5) is 11.4 Å². The first-order chi connectivity index (χ1) is 14.2. The van der Waals surface area contributed by atoms with Crippen LogP contribution >= 0.6 is 0 Å².